The molecule has 24 heavy (non-hydrogen) atoms. The molecule has 3 N–H and O–H groups in total. The van der Waals surface area contributed by atoms with Crippen molar-refractivity contribution in [1.29, 1.82) is 0 Å². The number of rotatable bonds is 3. The Balaban J connectivity index is 1.71. The zero-order chi connectivity index (χ0) is 16.7. The van der Waals surface area contributed by atoms with Crippen molar-refractivity contribution in [3.05, 3.63) is 59.7 Å². The summed E-state index contributed by atoms with van der Waals surface area (Å²) in [7, 11) is 0. The van der Waals surface area contributed by atoms with E-state index in [1.54, 1.807) is 6.07 Å². The maximum absolute atomic E-state index is 12.5. The molecule has 2 aliphatic heterocycles. The molecular formula is C20H22N2O2. The summed E-state index contributed by atoms with van der Waals surface area (Å²) in [5.74, 6) is 0.496. The van der Waals surface area contributed by atoms with Gasteiger partial charge in [-0.05, 0) is 36.1 Å². The largest absolute Gasteiger partial charge is 0.506 e. The van der Waals surface area contributed by atoms with Crippen molar-refractivity contribution in [2.45, 2.75) is 37.9 Å². The van der Waals surface area contributed by atoms with Crippen LogP contribution in [-0.4, -0.2) is 21.8 Å². The number of phenolic OH excluding ortho intramolecular Hbond substituents is 1. The molecule has 0 radical (unpaired) electrons. The maximum Gasteiger partial charge on any atom is 0.139 e. The van der Waals surface area contributed by atoms with Crippen molar-refractivity contribution in [3.63, 3.8) is 0 Å². The van der Waals surface area contributed by atoms with Crippen molar-refractivity contribution in [2.24, 2.45) is 5.92 Å². The van der Waals surface area contributed by atoms with E-state index in [1.165, 1.54) is 5.56 Å². The number of piperidine rings is 2. The summed E-state index contributed by atoms with van der Waals surface area (Å²) in [6.45, 7) is 0.834. The van der Waals surface area contributed by atoms with Gasteiger partial charge in [-0.25, -0.2) is 0 Å². The zero-order valence-electron chi connectivity index (χ0n) is 13.6. The standard InChI is InChI=1S/C20H22N2O2/c21-17-10-14(6-9-18(17)23)20-16-8-7-15(11-19(16)24)22(20)12-13-4-2-1-3-5-13/h1-6,9-10,15-16,20,23H,7-8,11-12,21H2. The Hall–Kier alpha value is -2.33. The molecule has 2 heterocycles. The Morgan fingerprint density at radius 1 is 1.12 bits per heavy atom. The normalized spacial score (nSPS) is 26.7. The summed E-state index contributed by atoms with van der Waals surface area (Å²) in [6, 6.07) is 16.1. The van der Waals surface area contributed by atoms with E-state index >= 15 is 0 Å². The molecule has 0 spiro atoms. The number of phenols is 1. The summed E-state index contributed by atoms with van der Waals surface area (Å²) >= 11 is 0. The summed E-state index contributed by atoms with van der Waals surface area (Å²) in [5, 5.41) is 9.72. The van der Waals surface area contributed by atoms with E-state index in [2.05, 4.69) is 29.2 Å². The number of nitrogens with two attached hydrogens (primary N) is 1. The fraction of sp³-hybridized carbons (Fsp3) is 0.350. The average molecular weight is 322 g/mol. The zero-order valence-corrected chi connectivity index (χ0v) is 13.6. The second-order valence-corrected chi connectivity index (χ2v) is 6.93. The number of anilines is 1. The first kappa shape index (κ1) is 15.2. The average Bonchev–Trinajstić information content (AvgIpc) is 2.59. The second kappa shape index (κ2) is 5.95. The molecule has 4 heteroatoms. The van der Waals surface area contributed by atoms with Gasteiger partial charge < -0.3 is 10.8 Å². The molecule has 124 valence electrons. The summed E-state index contributed by atoms with van der Waals surface area (Å²) in [5.41, 5.74) is 8.57. The molecule has 2 aromatic rings. The van der Waals surface area contributed by atoms with E-state index < -0.39 is 0 Å². The lowest BCUT2D eigenvalue weighted by Crippen LogP contribution is -2.53. The van der Waals surface area contributed by atoms with Crippen molar-refractivity contribution in [3.8, 4) is 5.75 Å². The van der Waals surface area contributed by atoms with Crippen molar-refractivity contribution in [2.75, 3.05) is 5.73 Å². The number of nitrogen functional groups attached to an aromatic ring is 1. The molecule has 4 nitrogen and oxygen atoms in total. The van der Waals surface area contributed by atoms with E-state index in [0.29, 0.717) is 23.9 Å². The number of carbonyl (C=O) groups is 1. The Labute approximate surface area is 141 Å². The topological polar surface area (TPSA) is 66.6 Å². The molecule has 2 saturated heterocycles. The lowest BCUT2D eigenvalue weighted by Gasteiger charge is -2.51. The van der Waals surface area contributed by atoms with E-state index in [0.717, 1.165) is 24.9 Å². The third kappa shape index (κ3) is 2.57. The molecule has 1 aliphatic carbocycles. The minimum atomic E-state index is 0.0302. The van der Waals surface area contributed by atoms with Gasteiger partial charge in [0.15, 0.2) is 0 Å². The van der Waals surface area contributed by atoms with Gasteiger partial charge in [-0.1, -0.05) is 36.4 Å². The van der Waals surface area contributed by atoms with Crippen molar-refractivity contribution < 1.29 is 9.90 Å². The molecule has 0 amide bonds. The molecule has 2 aromatic carbocycles. The monoisotopic (exact) mass is 322 g/mol. The smallest absolute Gasteiger partial charge is 0.139 e. The number of Topliss-reactive ketones (excluding diaryl/α,β-unsaturated/α-hetero) is 1. The molecule has 5 rings (SSSR count). The van der Waals surface area contributed by atoms with Gasteiger partial charge >= 0.3 is 0 Å². The van der Waals surface area contributed by atoms with Crippen LogP contribution in [0.3, 0.4) is 0 Å². The SMILES string of the molecule is Nc1cc(C2C3CCC(CC3=O)N2Cc2ccccc2)ccc1O. The molecule has 3 unspecified atom stereocenters. The van der Waals surface area contributed by atoms with E-state index in [1.807, 2.05) is 18.2 Å². The molecule has 3 fully saturated rings. The third-order valence-corrected chi connectivity index (χ3v) is 5.47. The van der Waals surface area contributed by atoms with Crippen molar-refractivity contribution in [1.82, 2.24) is 4.90 Å². The van der Waals surface area contributed by atoms with Crippen LogP contribution in [0.4, 0.5) is 5.69 Å². The van der Waals surface area contributed by atoms with Crippen LogP contribution in [0.25, 0.3) is 0 Å². The van der Waals surface area contributed by atoms with Gasteiger partial charge in [0.2, 0.25) is 0 Å². The van der Waals surface area contributed by atoms with Gasteiger partial charge in [-0.15, -0.1) is 0 Å². The Kier molecular flexibility index (Phi) is 3.77. The number of aromatic hydroxyl groups is 1. The number of benzene rings is 2. The van der Waals surface area contributed by atoms with Crippen LogP contribution in [0.2, 0.25) is 0 Å². The van der Waals surface area contributed by atoms with Gasteiger partial charge in [-0.3, -0.25) is 9.69 Å². The molecule has 1 saturated carbocycles. The lowest BCUT2D eigenvalue weighted by atomic mass is 9.71. The second-order valence-electron chi connectivity index (χ2n) is 6.93. The number of ketones is 1. The predicted molar refractivity (Wildman–Crippen MR) is 93.4 cm³/mol. The molecule has 3 aliphatic rings. The van der Waals surface area contributed by atoms with Gasteiger partial charge in [0.05, 0.1) is 5.69 Å². The highest BCUT2D eigenvalue weighted by Crippen LogP contribution is 2.47. The van der Waals surface area contributed by atoms with Crippen LogP contribution in [0.15, 0.2) is 48.5 Å². The number of hydrogen-bond donors (Lipinski definition) is 2. The molecule has 0 aromatic heterocycles. The first-order valence-corrected chi connectivity index (χ1v) is 8.54. The lowest BCUT2D eigenvalue weighted by molar-refractivity contribution is -0.138. The van der Waals surface area contributed by atoms with Gasteiger partial charge in [0.25, 0.3) is 0 Å². The molecule has 3 atom stereocenters. The minimum absolute atomic E-state index is 0.0302. The Morgan fingerprint density at radius 3 is 2.62 bits per heavy atom. The van der Waals surface area contributed by atoms with Crippen LogP contribution in [0, 0.1) is 5.92 Å². The van der Waals surface area contributed by atoms with E-state index in [-0.39, 0.29) is 17.7 Å². The van der Waals surface area contributed by atoms with Crippen LogP contribution >= 0.6 is 0 Å². The highest BCUT2D eigenvalue weighted by atomic mass is 16.3. The highest BCUT2D eigenvalue weighted by Gasteiger charge is 2.47. The quantitative estimate of drug-likeness (QED) is 0.672. The third-order valence-electron chi connectivity index (χ3n) is 5.47. The van der Waals surface area contributed by atoms with E-state index in [9.17, 15) is 9.90 Å². The van der Waals surface area contributed by atoms with Crippen LogP contribution in [-0.2, 0) is 11.3 Å². The number of carbonyl (C=O) groups excluding carboxylic acids is 1. The van der Waals surface area contributed by atoms with E-state index in [4.69, 9.17) is 5.73 Å². The van der Waals surface area contributed by atoms with Crippen LogP contribution < -0.4 is 5.73 Å². The number of hydrogen-bond acceptors (Lipinski definition) is 4. The summed E-state index contributed by atoms with van der Waals surface area (Å²) in [4.78, 5) is 14.9. The first-order valence-electron chi connectivity index (χ1n) is 8.54. The summed E-state index contributed by atoms with van der Waals surface area (Å²) < 4.78 is 0. The van der Waals surface area contributed by atoms with Crippen molar-refractivity contribution >= 4 is 11.5 Å². The predicted octanol–water partition coefficient (Wildman–Crippen LogP) is 3.27. The fourth-order valence-electron chi connectivity index (χ4n) is 4.30. The Morgan fingerprint density at radius 2 is 1.92 bits per heavy atom. The fourth-order valence-corrected chi connectivity index (χ4v) is 4.30. The highest BCUT2D eigenvalue weighted by molar-refractivity contribution is 5.84. The number of nitrogens with zero attached hydrogens (tertiary/aromatic N) is 1. The van der Waals surface area contributed by atoms with Gasteiger partial charge in [0, 0.05) is 31.0 Å². The van der Waals surface area contributed by atoms with Crippen LogP contribution in [0.1, 0.15) is 36.4 Å². The first-order chi connectivity index (χ1) is 11.6. The van der Waals surface area contributed by atoms with Crippen LogP contribution in [0.5, 0.6) is 5.75 Å². The number of fused-ring (bicyclic) bond motifs is 3. The maximum atomic E-state index is 12.5. The Bertz CT molecular complexity index is 759. The van der Waals surface area contributed by atoms with Gasteiger partial charge in [0.1, 0.15) is 11.5 Å². The molecular weight excluding hydrogens is 300 g/mol. The minimum Gasteiger partial charge on any atom is -0.506 e. The molecule has 2 bridgehead atoms. The van der Waals surface area contributed by atoms with Gasteiger partial charge in [-0.2, -0.15) is 0 Å². The summed E-state index contributed by atoms with van der Waals surface area (Å²) in [6.07, 6.45) is 2.68.